The van der Waals surface area contributed by atoms with Crippen LogP contribution in [0.4, 0.5) is 5.69 Å². The number of rotatable bonds is 4. The Morgan fingerprint density at radius 2 is 1.62 bits per heavy atom. The Hall–Kier alpha value is -2.16. The van der Waals surface area contributed by atoms with Crippen LogP contribution in [-0.4, -0.2) is 7.11 Å². The maximum absolute atomic E-state index is 5.81. The fraction of sp³-hybridized carbons (Fsp3) is 0.333. The molecule has 112 valence electrons. The van der Waals surface area contributed by atoms with E-state index in [0.29, 0.717) is 23.8 Å². The van der Waals surface area contributed by atoms with Gasteiger partial charge in [0.05, 0.1) is 7.11 Å². The second-order valence-electron chi connectivity index (χ2n) is 6.15. The van der Waals surface area contributed by atoms with Gasteiger partial charge in [-0.3, -0.25) is 0 Å². The summed E-state index contributed by atoms with van der Waals surface area (Å²) >= 11 is 0. The molecule has 3 heteroatoms. The van der Waals surface area contributed by atoms with Gasteiger partial charge in [0.2, 0.25) is 0 Å². The lowest BCUT2D eigenvalue weighted by molar-refractivity contribution is 0.284. The van der Waals surface area contributed by atoms with Crippen molar-refractivity contribution in [1.29, 1.82) is 0 Å². The van der Waals surface area contributed by atoms with Crippen LogP contribution in [0.15, 0.2) is 42.5 Å². The van der Waals surface area contributed by atoms with Gasteiger partial charge in [0.1, 0.15) is 6.61 Å². The zero-order valence-corrected chi connectivity index (χ0v) is 13.1. The van der Waals surface area contributed by atoms with E-state index in [-0.39, 0.29) is 5.41 Å². The van der Waals surface area contributed by atoms with Crippen LogP contribution in [-0.2, 0) is 12.0 Å². The maximum Gasteiger partial charge on any atom is 0.162 e. The topological polar surface area (TPSA) is 44.5 Å². The Morgan fingerprint density at radius 3 is 2.19 bits per heavy atom. The van der Waals surface area contributed by atoms with E-state index in [1.54, 1.807) is 19.2 Å². The standard InChI is InChI=1S/C18H23NO2/c1-18(2,3)14-7-5-13(6-8-14)12-21-16-10-9-15(19)11-17(16)20-4/h5-11H,12,19H2,1-4H3. The predicted molar refractivity (Wildman–Crippen MR) is 86.9 cm³/mol. The first-order valence-electron chi connectivity index (χ1n) is 7.06. The number of anilines is 1. The van der Waals surface area contributed by atoms with Crippen molar-refractivity contribution in [2.45, 2.75) is 32.8 Å². The Morgan fingerprint density at radius 1 is 0.952 bits per heavy atom. The Labute approximate surface area is 126 Å². The van der Waals surface area contributed by atoms with Gasteiger partial charge in [0.25, 0.3) is 0 Å². The van der Waals surface area contributed by atoms with E-state index < -0.39 is 0 Å². The third-order valence-electron chi connectivity index (χ3n) is 3.40. The van der Waals surface area contributed by atoms with Gasteiger partial charge < -0.3 is 15.2 Å². The monoisotopic (exact) mass is 285 g/mol. The number of methoxy groups -OCH3 is 1. The lowest BCUT2D eigenvalue weighted by Gasteiger charge is -2.19. The molecule has 0 radical (unpaired) electrons. The quantitative estimate of drug-likeness (QED) is 0.858. The first kappa shape index (κ1) is 15.2. The van der Waals surface area contributed by atoms with Crippen LogP contribution in [0.2, 0.25) is 0 Å². The van der Waals surface area contributed by atoms with Crippen molar-refractivity contribution in [3.05, 3.63) is 53.6 Å². The zero-order valence-electron chi connectivity index (χ0n) is 13.1. The Bertz CT molecular complexity index is 598. The molecule has 0 saturated heterocycles. The molecule has 2 N–H and O–H groups in total. The lowest BCUT2D eigenvalue weighted by atomic mass is 9.87. The zero-order chi connectivity index (χ0) is 15.5. The van der Waals surface area contributed by atoms with Crippen LogP contribution in [0.25, 0.3) is 0 Å². The van der Waals surface area contributed by atoms with Gasteiger partial charge in [-0.25, -0.2) is 0 Å². The highest BCUT2D eigenvalue weighted by Crippen LogP contribution is 2.30. The van der Waals surface area contributed by atoms with Crippen molar-refractivity contribution in [3.63, 3.8) is 0 Å². The molecule has 0 spiro atoms. The Balaban J connectivity index is 2.07. The first-order chi connectivity index (χ1) is 9.90. The molecule has 0 aliphatic carbocycles. The maximum atomic E-state index is 5.81. The molecule has 0 fully saturated rings. The fourth-order valence-corrected chi connectivity index (χ4v) is 2.07. The van der Waals surface area contributed by atoms with E-state index >= 15 is 0 Å². The molecular formula is C18H23NO2. The van der Waals surface area contributed by atoms with Crippen molar-refractivity contribution in [1.82, 2.24) is 0 Å². The second-order valence-corrected chi connectivity index (χ2v) is 6.15. The molecule has 0 bridgehead atoms. The molecule has 0 heterocycles. The summed E-state index contributed by atoms with van der Waals surface area (Å²) in [4.78, 5) is 0. The average molecular weight is 285 g/mol. The van der Waals surface area contributed by atoms with Crippen LogP contribution >= 0.6 is 0 Å². The van der Waals surface area contributed by atoms with Gasteiger partial charge >= 0.3 is 0 Å². The van der Waals surface area contributed by atoms with Gasteiger partial charge in [-0.2, -0.15) is 0 Å². The van der Waals surface area contributed by atoms with Crippen LogP contribution in [0, 0.1) is 0 Å². The van der Waals surface area contributed by atoms with Gasteiger partial charge in [0.15, 0.2) is 11.5 Å². The van der Waals surface area contributed by atoms with E-state index in [0.717, 1.165) is 5.56 Å². The largest absolute Gasteiger partial charge is 0.493 e. The molecule has 0 aliphatic heterocycles. The molecule has 21 heavy (non-hydrogen) atoms. The molecule has 2 rings (SSSR count). The number of benzene rings is 2. The lowest BCUT2D eigenvalue weighted by Crippen LogP contribution is -2.10. The Kier molecular flexibility index (Phi) is 4.41. The van der Waals surface area contributed by atoms with Crippen molar-refractivity contribution in [2.24, 2.45) is 0 Å². The minimum atomic E-state index is 0.166. The molecule has 2 aromatic carbocycles. The number of nitrogen functional groups attached to an aromatic ring is 1. The van der Waals surface area contributed by atoms with E-state index in [9.17, 15) is 0 Å². The predicted octanol–water partition coefficient (Wildman–Crippen LogP) is 4.15. The second kappa shape index (κ2) is 6.08. The van der Waals surface area contributed by atoms with Gasteiger partial charge in [-0.05, 0) is 28.7 Å². The highest BCUT2D eigenvalue weighted by atomic mass is 16.5. The van der Waals surface area contributed by atoms with Crippen LogP contribution < -0.4 is 15.2 Å². The summed E-state index contributed by atoms with van der Waals surface area (Å²) in [6, 6.07) is 13.9. The van der Waals surface area contributed by atoms with Gasteiger partial charge in [-0.15, -0.1) is 0 Å². The highest BCUT2D eigenvalue weighted by Gasteiger charge is 2.13. The van der Waals surface area contributed by atoms with E-state index in [2.05, 4.69) is 45.0 Å². The summed E-state index contributed by atoms with van der Waals surface area (Å²) < 4.78 is 11.1. The van der Waals surface area contributed by atoms with Crippen LogP contribution in [0.3, 0.4) is 0 Å². The molecule has 0 aliphatic rings. The third kappa shape index (κ3) is 3.91. The van der Waals surface area contributed by atoms with Crippen LogP contribution in [0.5, 0.6) is 11.5 Å². The van der Waals surface area contributed by atoms with Crippen molar-refractivity contribution < 1.29 is 9.47 Å². The number of nitrogens with two attached hydrogens (primary N) is 1. The van der Waals surface area contributed by atoms with Crippen molar-refractivity contribution in [2.75, 3.05) is 12.8 Å². The summed E-state index contributed by atoms with van der Waals surface area (Å²) in [5, 5.41) is 0. The molecule has 3 nitrogen and oxygen atoms in total. The molecule has 0 saturated carbocycles. The molecule has 0 aromatic heterocycles. The number of ether oxygens (including phenoxy) is 2. The number of hydrogen-bond donors (Lipinski definition) is 1. The molecule has 0 atom stereocenters. The summed E-state index contributed by atoms with van der Waals surface area (Å²) in [7, 11) is 1.61. The minimum Gasteiger partial charge on any atom is -0.493 e. The number of hydrogen-bond acceptors (Lipinski definition) is 3. The smallest absolute Gasteiger partial charge is 0.162 e. The average Bonchev–Trinajstić information content (AvgIpc) is 2.45. The molecular weight excluding hydrogens is 262 g/mol. The van der Waals surface area contributed by atoms with Crippen molar-refractivity contribution in [3.8, 4) is 11.5 Å². The third-order valence-corrected chi connectivity index (χ3v) is 3.40. The summed E-state index contributed by atoms with van der Waals surface area (Å²) in [5.74, 6) is 1.35. The van der Waals surface area contributed by atoms with Gasteiger partial charge in [0, 0.05) is 11.8 Å². The SMILES string of the molecule is COc1cc(N)ccc1OCc1ccc(C(C)(C)C)cc1. The highest BCUT2D eigenvalue weighted by molar-refractivity contribution is 5.52. The molecule has 0 unspecified atom stereocenters. The summed E-state index contributed by atoms with van der Waals surface area (Å²) in [6.07, 6.45) is 0. The van der Waals surface area contributed by atoms with Crippen molar-refractivity contribution >= 4 is 5.69 Å². The van der Waals surface area contributed by atoms with E-state index in [4.69, 9.17) is 15.2 Å². The van der Waals surface area contributed by atoms with Gasteiger partial charge in [-0.1, -0.05) is 45.0 Å². The first-order valence-corrected chi connectivity index (χ1v) is 7.06. The normalized spacial score (nSPS) is 11.2. The van der Waals surface area contributed by atoms with E-state index in [1.165, 1.54) is 5.56 Å². The molecule has 2 aromatic rings. The summed E-state index contributed by atoms with van der Waals surface area (Å²) in [6.45, 7) is 7.12. The van der Waals surface area contributed by atoms with Crippen LogP contribution in [0.1, 0.15) is 31.9 Å². The molecule has 0 amide bonds. The minimum absolute atomic E-state index is 0.166. The fourth-order valence-electron chi connectivity index (χ4n) is 2.07. The van der Waals surface area contributed by atoms with E-state index in [1.807, 2.05) is 6.07 Å². The summed E-state index contributed by atoms with van der Waals surface area (Å²) in [5.41, 5.74) is 9.00.